The summed E-state index contributed by atoms with van der Waals surface area (Å²) in [6.45, 7) is 5.25. The molecule has 2 aromatic carbocycles. The lowest BCUT2D eigenvalue weighted by atomic mass is 10.00. The highest BCUT2D eigenvalue weighted by molar-refractivity contribution is 5.97. The number of fused-ring (bicyclic) bond motifs is 1. The molecular formula is C22H26N2O2. The lowest BCUT2D eigenvalue weighted by molar-refractivity contribution is -0.121. The Morgan fingerprint density at radius 1 is 1.12 bits per heavy atom. The van der Waals surface area contributed by atoms with Crippen LogP contribution in [0.4, 0.5) is 5.69 Å². The summed E-state index contributed by atoms with van der Waals surface area (Å²) in [4.78, 5) is 17.6. The minimum absolute atomic E-state index is 0.0826. The smallest absolute Gasteiger partial charge is 0.241 e. The van der Waals surface area contributed by atoms with E-state index in [1.807, 2.05) is 47.4 Å². The molecule has 2 aromatic rings. The molecule has 2 aliphatic heterocycles. The first-order chi connectivity index (χ1) is 12.7. The second kappa shape index (κ2) is 7.50. The van der Waals surface area contributed by atoms with Crippen molar-refractivity contribution >= 4 is 11.6 Å². The maximum atomic E-state index is 13.3. The molecule has 0 saturated carbocycles. The van der Waals surface area contributed by atoms with Gasteiger partial charge in [-0.1, -0.05) is 49.4 Å². The minimum atomic E-state index is -0.0826. The number of benzene rings is 2. The van der Waals surface area contributed by atoms with E-state index < -0.39 is 0 Å². The third kappa shape index (κ3) is 3.47. The standard InChI is InChI=1S/C22H26N2O2/c1-17-8-7-13-23(14-17)15-22(25)24-19-11-5-6-12-21(19)26-16-20(24)18-9-3-2-4-10-18/h2-6,9-12,17,20H,7-8,13-16H2,1H3/t17-,20+/m1/s1. The third-order valence-corrected chi connectivity index (χ3v) is 5.39. The van der Waals surface area contributed by atoms with Gasteiger partial charge in [0.05, 0.1) is 18.3 Å². The number of anilines is 1. The van der Waals surface area contributed by atoms with Crippen LogP contribution in [0.2, 0.25) is 0 Å². The Hall–Kier alpha value is -2.33. The van der Waals surface area contributed by atoms with E-state index in [9.17, 15) is 4.79 Å². The van der Waals surface area contributed by atoms with Crippen LogP contribution < -0.4 is 9.64 Å². The van der Waals surface area contributed by atoms with E-state index in [-0.39, 0.29) is 11.9 Å². The van der Waals surface area contributed by atoms with Crippen molar-refractivity contribution in [3.8, 4) is 5.75 Å². The van der Waals surface area contributed by atoms with Gasteiger partial charge >= 0.3 is 0 Å². The highest BCUT2D eigenvalue weighted by atomic mass is 16.5. The number of likely N-dealkylation sites (tertiary alicyclic amines) is 1. The quantitative estimate of drug-likeness (QED) is 0.842. The number of piperidine rings is 1. The van der Waals surface area contributed by atoms with Crippen molar-refractivity contribution in [1.82, 2.24) is 4.90 Å². The SMILES string of the molecule is C[C@@H]1CCCN(CC(=O)N2c3ccccc3OC[C@H]2c2ccccc2)C1. The molecule has 0 aromatic heterocycles. The summed E-state index contributed by atoms with van der Waals surface area (Å²) in [7, 11) is 0. The predicted octanol–water partition coefficient (Wildman–Crippen LogP) is 3.89. The summed E-state index contributed by atoms with van der Waals surface area (Å²) < 4.78 is 5.97. The monoisotopic (exact) mass is 350 g/mol. The first kappa shape index (κ1) is 17.1. The Kier molecular flexibility index (Phi) is 4.93. The number of hydrogen-bond donors (Lipinski definition) is 0. The van der Waals surface area contributed by atoms with Crippen molar-refractivity contribution < 1.29 is 9.53 Å². The zero-order valence-corrected chi connectivity index (χ0v) is 15.3. The molecule has 0 spiro atoms. The zero-order chi connectivity index (χ0) is 17.9. The number of carbonyl (C=O) groups is 1. The molecule has 4 heteroatoms. The molecule has 2 heterocycles. The lowest BCUT2D eigenvalue weighted by Gasteiger charge is -2.39. The van der Waals surface area contributed by atoms with Crippen molar-refractivity contribution in [1.29, 1.82) is 0 Å². The van der Waals surface area contributed by atoms with Gasteiger partial charge in [0, 0.05) is 6.54 Å². The van der Waals surface area contributed by atoms with Gasteiger partial charge in [0.25, 0.3) is 0 Å². The van der Waals surface area contributed by atoms with Crippen molar-refractivity contribution in [2.24, 2.45) is 5.92 Å². The maximum Gasteiger partial charge on any atom is 0.241 e. The number of nitrogens with zero attached hydrogens (tertiary/aromatic N) is 2. The second-order valence-electron chi connectivity index (χ2n) is 7.45. The molecule has 0 unspecified atom stereocenters. The van der Waals surface area contributed by atoms with Gasteiger partial charge in [0.2, 0.25) is 5.91 Å². The van der Waals surface area contributed by atoms with E-state index in [0.717, 1.165) is 30.1 Å². The van der Waals surface area contributed by atoms with Crippen LogP contribution in [-0.4, -0.2) is 37.0 Å². The van der Waals surface area contributed by atoms with E-state index in [2.05, 4.69) is 24.0 Å². The number of para-hydroxylation sites is 2. The largest absolute Gasteiger partial charge is 0.489 e. The molecule has 0 radical (unpaired) electrons. The zero-order valence-electron chi connectivity index (χ0n) is 15.3. The fourth-order valence-corrected chi connectivity index (χ4v) is 4.12. The van der Waals surface area contributed by atoms with Crippen LogP contribution in [0, 0.1) is 5.92 Å². The topological polar surface area (TPSA) is 32.8 Å². The van der Waals surface area contributed by atoms with Crippen LogP contribution >= 0.6 is 0 Å². The molecule has 0 N–H and O–H groups in total. The summed E-state index contributed by atoms with van der Waals surface area (Å²) >= 11 is 0. The lowest BCUT2D eigenvalue weighted by Crippen LogP contribution is -2.47. The van der Waals surface area contributed by atoms with Gasteiger partial charge in [-0.15, -0.1) is 0 Å². The molecular weight excluding hydrogens is 324 g/mol. The first-order valence-electron chi connectivity index (χ1n) is 9.53. The van der Waals surface area contributed by atoms with E-state index in [1.54, 1.807) is 0 Å². The molecule has 0 bridgehead atoms. The van der Waals surface area contributed by atoms with Crippen molar-refractivity contribution in [2.45, 2.75) is 25.8 Å². The molecule has 4 nitrogen and oxygen atoms in total. The Labute approximate surface area is 155 Å². The van der Waals surface area contributed by atoms with Gasteiger partial charge in [-0.2, -0.15) is 0 Å². The maximum absolute atomic E-state index is 13.3. The molecule has 0 aliphatic carbocycles. The summed E-state index contributed by atoms with van der Waals surface area (Å²) in [6, 6.07) is 18.0. The fourth-order valence-electron chi connectivity index (χ4n) is 4.12. The van der Waals surface area contributed by atoms with E-state index in [4.69, 9.17) is 4.74 Å². The third-order valence-electron chi connectivity index (χ3n) is 5.39. The number of rotatable bonds is 3. The highest BCUT2D eigenvalue weighted by Gasteiger charge is 2.34. The van der Waals surface area contributed by atoms with Crippen LogP contribution in [0.15, 0.2) is 54.6 Å². The number of amides is 1. The second-order valence-corrected chi connectivity index (χ2v) is 7.45. The average molecular weight is 350 g/mol. The highest BCUT2D eigenvalue weighted by Crippen LogP contribution is 2.39. The molecule has 2 atom stereocenters. The molecule has 136 valence electrons. The Morgan fingerprint density at radius 2 is 1.88 bits per heavy atom. The summed E-state index contributed by atoms with van der Waals surface area (Å²) in [5, 5.41) is 0. The Balaban J connectivity index is 1.63. The van der Waals surface area contributed by atoms with Crippen LogP contribution in [0.25, 0.3) is 0 Å². The van der Waals surface area contributed by atoms with Crippen molar-refractivity contribution in [2.75, 3.05) is 31.1 Å². The van der Waals surface area contributed by atoms with Gasteiger partial charge in [-0.25, -0.2) is 0 Å². The van der Waals surface area contributed by atoms with Gasteiger partial charge in [-0.3, -0.25) is 14.6 Å². The summed E-state index contributed by atoms with van der Waals surface area (Å²) in [5.74, 6) is 1.61. The molecule has 4 rings (SSSR count). The molecule has 26 heavy (non-hydrogen) atoms. The Bertz CT molecular complexity index is 762. The van der Waals surface area contributed by atoms with Crippen LogP contribution in [0.1, 0.15) is 31.4 Å². The average Bonchev–Trinajstić information content (AvgIpc) is 2.67. The molecule has 1 saturated heterocycles. The molecule has 1 amide bonds. The van der Waals surface area contributed by atoms with Gasteiger partial charge in [-0.05, 0) is 43.0 Å². The first-order valence-corrected chi connectivity index (χ1v) is 9.53. The van der Waals surface area contributed by atoms with Gasteiger partial charge < -0.3 is 4.74 Å². The van der Waals surface area contributed by atoms with Gasteiger partial charge in [0.15, 0.2) is 0 Å². The van der Waals surface area contributed by atoms with Crippen LogP contribution in [0.3, 0.4) is 0 Å². The number of ether oxygens (including phenoxy) is 1. The van der Waals surface area contributed by atoms with E-state index in [1.165, 1.54) is 12.8 Å². The fraction of sp³-hybridized carbons (Fsp3) is 0.409. The van der Waals surface area contributed by atoms with Crippen molar-refractivity contribution in [3.63, 3.8) is 0 Å². The van der Waals surface area contributed by atoms with Gasteiger partial charge in [0.1, 0.15) is 12.4 Å². The minimum Gasteiger partial charge on any atom is -0.489 e. The molecule has 2 aliphatic rings. The summed E-state index contributed by atoms with van der Waals surface area (Å²) in [5.41, 5.74) is 1.99. The predicted molar refractivity (Wildman–Crippen MR) is 103 cm³/mol. The van der Waals surface area contributed by atoms with Crippen molar-refractivity contribution in [3.05, 3.63) is 60.2 Å². The number of hydrogen-bond acceptors (Lipinski definition) is 3. The van der Waals surface area contributed by atoms with Crippen LogP contribution in [-0.2, 0) is 4.79 Å². The van der Waals surface area contributed by atoms with E-state index >= 15 is 0 Å². The normalized spacial score (nSPS) is 23.2. The van der Waals surface area contributed by atoms with E-state index in [0.29, 0.717) is 19.1 Å². The summed E-state index contributed by atoms with van der Waals surface area (Å²) in [6.07, 6.45) is 2.44. The Morgan fingerprint density at radius 3 is 2.69 bits per heavy atom. The number of carbonyl (C=O) groups excluding carboxylic acids is 1. The molecule has 1 fully saturated rings. The van der Waals surface area contributed by atoms with Crippen LogP contribution in [0.5, 0.6) is 5.75 Å².